The summed E-state index contributed by atoms with van der Waals surface area (Å²) in [4.78, 5) is 15.3. The number of rotatable bonds is 13. The van der Waals surface area contributed by atoms with Crippen molar-refractivity contribution in [3.05, 3.63) is 107 Å². The van der Waals surface area contributed by atoms with Gasteiger partial charge in [-0.3, -0.25) is 9.79 Å². The van der Waals surface area contributed by atoms with Crippen molar-refractivity contribution < 1.29 is 14.6 Å². The monoisotopic (exact) mass is 529 g/mol. The van der Waals surface area contributed by atoms with Crippen LogP contribution in [-0.4, -0.2) is 30.6 Å². The summed E-state index contributed by atoms with van der Waals surface area (Å²) in [7, 11) is 1.78. The van der Waals surface area contributed by atoms with Crippen LogP contribution in [0.1, 0.15) is 62.8 Å². The molecule has 0 amide bonds. The molecule has 0 spiro atoms. The van der Waals surface area contributed by atoms with Crippen LogP contribution in [0.4, 0.5) is 5.69 Å². The van der Waals surface area contributed by atoms with Crippen molar-refractivity contribution in [3.63, 3.8) is 0 Å². The van der Waals surface area contributed by atoms with Gasteiger partial charge in [-0.15, -0.1) is 0 Å². The lowest BCUT2D eigenvalue weighted by molar-refractivity contribution is -0.136. The fourth-order valence-corrected chi connectivity index (χ4v) is 4.00. The van der Waals surface area contributed by atoms with Crippen LogP contribution in [-0.2, 0) is 24.2 Å². The number of carboxylic acid groups (broad SMARTS) is 1. The minimum Gasteiger partial charge on any atom is -0.493 e. The van der Waals surface area contributed by atoms with E-state index in [1.807, 2.05) is 57.2 Å². The van der Waals surface area contributed by atoms with E-state index in [1.54, 1.807) is 7.05 Å². The maximum atomic E-state index is 10.9. The number of aliphatic imine (C=N–C) groups is 1. The first-order valence-corrected chi connectivity index (χ1v) is 13.7. The van der Waals surface area contributed by atoms with Crippen LogP contribution in [0.2, 0.25) is 0 Å². The average molecular weight is 530 g/mol. The molecule has 0 atom stereocenters. The Kier molecular flexibility index (Phi) is 13.9. The van der Waals surface area contributed by atoms with E-state index >= 15 is 0 Å². The molecule has 3 aromatic rings. The number of ether oxygens (including phenoxy) is 1. The van der Waals surface area contributed by atoms with Crippen molar-refractivity contribution in [2.45, 2.75) is 59.9 Å². The molecule has 0 fully saturated rings. The molecule has 0 saturated carbocycles. The largest absolute Gasteiger partial charge is 0.493 e. The lowest BCUT2D eigenvalue weighted by Gasteiger charge is -2.13. The van der Waals surface area contributed by atoms with Gasteiger partial charge in [0, 0.05) is 43.4 Å². The van der Waals surface area contributed by atoms with E-state index in [0.29, 0.717) is 13.0 Å². The number of hydrogen-bond acceptors (Lipinski definition) is 4. The molecule has 0 heterocycles. The third kappa shape index (κ3) is 11.1. The minimum absolute atomic E-state index is 0.141. The number of carbonyl (C=O) groups is 1. The molecule has 39 heavy (non-hydrogen) atoms. The Morgan fingerprint density at radius 1 is 1.00 bits per heavy atom. The van der Waals surface area contributed by atoms with E-state index in [9.17, 15) is 4.79 Å². The van der Waals surface area contributed by atoms with Crippen LogP contribution in [0.5, 0.6) is 5.75 Å². The van der Waals surface area contributed by atoms with Crippen molar-refractivity contribution >= 4 is 17.5 Å². The van der Waals surface area contributed by atoms with Crippen molar-refractivity contribution in [2.24, 2.45) is 4.99 Å². The van der Waals surface area contributed by atoms with Gasteiger partial charge in [0.15, 0.2) is 0 Å². The fourth-order valence-electron chi connectivity index (χ4n) is 4.00. The normalized spacial score (nSPS) is 11.3. The first-order valence-electron chi connectivity index (χ1n) is 13.7. The Morgan fingerprint density at radius 2 is 1.72 bits per heavy atom. The maximum Gasteiger partial charge on any atom is 0.303 e. The zero-order valence-electron chi connectivity index (χ0n) is 24.0. The van der Waals surface area contributed by atoms with E-state index < -0.39 is 5.97 Å². The third-order valence-corrected chi connectivity index (χ3v) is 6.04. The number of allylic oxidation sites excluding steroid dienone is 1. The van der Waals surface area contributed by atoms with Gasteiger partial charge in [-0.1, -0.05) is 63.2 Å². The lowest BCUT2D eigenvalue weighted by atomic mass is 10.0. The summed E-state index contributed by atoms with van der Waals surface area (Å²) in [5.74, 6) is 0.850. The third-order valence-electron chi connectivity index (χ3n) is 6.04. The Hall–Kier alpha value is -4.06. The maximum absolute atomic E-state index is 10.9. The van der Waals surface area contributed by atoms with Gasteiger partial charge < -0.3 is 20.5 Å². The SMILES string of the molecule is CC.CCc1cc(OCC/C=C(\C)NC(=NC)c2ccc(NCc3ccccc3)cc2)ccc1CCC(=O)O. The van der Waals surface area contributed by atoms with Gasteiger partial charge in [0.25, 0.3) is 0 Å². The summed E-state index contributed by atoms with van der Waals surface area (Å²) < 4.78 is 5.94. The number of benzene rings is 3. The summed E-state index contributed by atoms with van der Waals surface area (Å²) in [6.45, 7) is 9.43. The van der Waals surface area contributed by atoms with Gasteiger partial charge in [0.1, 0.15) is 11.6 Å². The van der Waals surface area contributed by atoms with Crippen LogP contribution in [0.25, 0.3) is 0 Å². The van der Waals surface area contributed by atoms with Crippen molar-refractivity contribution in [2.75, 3.05) is 19.0 Å². The lowest BCUT2D eigenvalue weighted by Crippen LogP contribution is -2.22. The Balaban J connectivity index is 0.00000260. The van der Waals surface area contributed by atoms with E-state index in [2.05, 4.69) is 65.0 Å². The first kappa shape index (κ1) is 31.2. The molecule has 0 saturated heterocycles. The molecule has 6 heteroatoms. The molecule has 0 radical (unpaired) electrons. The summed E-state index contributed by atoms with van der Waals surface area (Å²) in [6, 6.07) is 24.5. The molecule has 3 rings (SSSR count). The van der Waals surface area contributed by atoms with Crippen LogP contribution in [0.15, 0.2) is 89.6 Å². The zero-order chi connectivity index (χ0) is 28.5. The summed E-state index contributed by atoms with van der Waals surface area (Å²) >= 11 is 0. The van der Waals surface area contributed by atoms with Crippen molar-refractivity contribution in [1.29, 1.82) is 0 Å². The van der Waals surface area contributed by atoms with Crippen LogP contribution < -0.4 is 15.4 Å². The van der Waals surface area contributed by atoms with Gasteiger partial charge in [0.2, 0.25) is 0 Å². The van der Waals surface area contributed by atoms with Crippen LogP contribution >= 0.6 is 0 Å². The molecule has 208 valence electrons. The highest BCUT2D eigenvalue weighted by Gasteiger charge is 2.07. The van der Waals surface area contributed by atoms with Crippen LogP contribution in [0, 0.1) is 0 Å². The van der Waals surface area contributed by atoms with Gasteiger partial charge in [0.05, 0.1) is 6.61 Å². The van der Waals surface area contributed by atoms with Crippen molar-refractivity contribution in [1.82, 2.24) is 5.32 Å². The van der Waals surface area contributed by atoms with Gasteiger partial charge >= 0.3 is 5.97 Å². The molecule has 3 aromatic carbocycles. The summed E-state index contributed by atoms with van der Waals surface area (Å²) in [6.07, 6.45) is 4.38. The molecule has 0 aromatic heterocycles. The molecule has 0 aliphatic rings. The second kappa shape index (κ2) is 17.4. The number of aliphatic carboxylic acids is 1. The van der Waals surface area contributed by atoms with Gasteiger partial charge in [-0.05, 0) is 72.9 Å². The van der Waals surface area contributed by atoms with Gasteiger partial charge in [-0.2, -0.15) is 0 Å². The highest BCUT2D eigenvalue weighted by molar-refractivity contribution is 5.99. The topological polar surface area (TPSA) is 83.0 Å². The predicted octanol–water partition coefficient (Wildman–Crippen LogP) is 7.24. The quantitative estimate of drug-likeness (QED) is 0.123. The first-order chi connectivity index (χ1) is 19.0. The summed E-state index contributed by atoms with van der Waals surface area (Å²) in [5, 5.41) is 15.8. The Labute approximate surface area is 233 Å². The zero-order valence-corrected chi connectivity index (χ0v) is 24.0. The molecule has 0 aliphatic heterocycles. The predicted molar refractivity (Wildman–Crippen MR) is 163 cm³/mol. The highest BCUT2D eigenvalue weighted by atomic mass is 16.5. The van der Waals surface area contributed by atoms with Crippen LogP contribution in [0.3, 0.4) is 0 Å². The number of carboxylic acids is 1. The number of amidine groups is 1. The number of anilines is 1. The van der Waals surface area contributed by atoms with Gasteiger partial charge in [-0.25, -0.2) is 0 Å². The second-order valence-corrected chi connectivity index (χ2v) is 8.82. The molecular weight excluding hydrogens is 486 g/mol. The highest BCUT2D eigenvalue weighted by Crippen LogP contribution is 2.20. The number of aryl methyl sites for hydroxylation is 2. The Bertz CT molecular complexity index is 1200. The smallest absolute Gasteiger partial charge is 0.303 e. The standard InChI is InChI=1S/C31H37N3O3.C2H6/c1-4-25-21-29(18-14-26(25)15-19-30(35)36)37-20-8-9-23(2)34-31(32-3)27-12-16-28(17-13-27)33-22-24-10-6-5-7-11-24;1-2/h5-7,9-14,16-18,21,33H,4,8,15,19-20,22H2,1-3H3,(H,32,34)(H,35,36);1-2H3/b23-9+;. The molecule has 0 bridgehead atoms. The van der Waals surface area contributed by atoms with E-state index in [1.165, 1.54) is 5.56 Å². The number of nitrogens with one attached hydrogen (secondary N) is 2. The molecule has 6 nitrogen and oxygen atoms in total. The fraction of sp³-hybridized carbons (Fsp3) is 0.333. The summed E-state index contributed by atoms with van der Waals surface area (Å²) in [5.41, 5.74) is 6.54. The molecule has 0 unspecified atom stereocenters. The Morgan fingerprint density at radius 3 is 2.36 bits per heavy atom. The molecule has 3 N–H and O–H groups in total. The molecular formula is C33H43N3O3. The number of hydrogen-bond donors (Lipinski definition) is 3. The number of nitrogens with zero attached hydrogens (tertiary/aromatic N) is 1. The van der Waals surface area contributed by atoms with E-state index in [4.69, 9.17) is 9.84 Å². The van der Waals surface area contributed by atoms with Crippen molar-refractivity contribution in [3.8, 4) is 5.75 Å². The minimum atomic E-state index is -0.776. The van der Waals surface area contributed by atoms with E-state index in [0.717, 1.165) is 59.0 Å². The average Bonchev–Trinajstić information content (AvgIpc) is 2.98. The molecule has 0 aliphatic carbocycles. The van der Waals surface area contributed by atoms with E-state index in [-0.39, 0.29) is 6.42 Å². The second-order valence-electron chi connectivity index (χ2n) is 8.82.